The average molecular weight is 431 g/mol. The molecule has 0 bridgehead atoms. The van der Waals surface area contributed by atoms with Crippen molar-refractivity contribution in [3.63, 3.8) is 0 Å². The van der Waals surface area contributed by atoms with Gasteiger partial charge in [-0.05, 0) is 73.7 Å². The molecule has 0 unspecified atom stereocenters. The molecule has 29 heavy (non-hydrogen) atoms. The number of rotatable bonds is 7. The molecular formula is C21H19ClN2O4S. The van der Waals surface area contributed by atoms with E-state index in [2.05, 4.69) is 10.0 Å². The number of halogens is 1. The molecule has 150 valence electrons. The minimum absolute atomic E-state index is 0.0469. The summed E-state index contributed by atoms with van der Waals surface area (Å²) >= 11 is 5.90. The lowest BCUT2D eigenvalue weighted by Crippen LogP contribution is -2.14. The van der Waals surface area contributed by atoms with Gasteiger partial charge in [0.25, 0.3) is 15.9 Å². The van der Waals surface area contributed by atoms with Crippen molar-refractivity contribution >= 4 is 38.9 Å². The minimum Gasteiger partial charge on any atom is -0.494 e. The van der Waals surface area contributed by atoms with E-state index in [-0.39, 0.29) is 10.8 Å². The Morgan fingerprint density at radius 2 is 1.66 bits per heavy atom. The molecule has 1 amide bonds. The molecule has 0 saturated heterocycles. The highest BCUT2D eigenvalue weighted by Gasteiger charge is 2.15. The van der Waals surface area contributed by atoms with Crippen molar-refractivity contribution in [1.82, 2.24) is 0 Å². The van der Waals surface area contributed by atoms with Gasteiger partial charge in [-0.2, -0.15) is 0 Å². The standard InChI is InChI=1S/C21H19ClN2O4S/c1-2-28-19-10-8-17(9-11-19)24-29(26,27)20-12-6-15(7-13-20)21(25)23-18-5-3-4-16(22)14-18/h3-14,24H,2H2,1H3,(H,23,25). The van der Waals surface area contributed by atoms with Gasteiger partial charge in [-0.3, -0.25) is 9.52 Å². The molecule has 0 fully saturated rings. The third-order valence-corrected chi connectivity index (χ3v) is 5.56. The second kappa shape index (κ2) is 8.98. The van der Waals surface area contributed by atoms with E-state index in [0.717, 1.165) is 0 Å². The largest absolute Gasteiger partial charge is 0.494 e. The number of benzene rings is 3. The first kappa shape index (κ1) is 20.7. The molecule has 0 spiro atoms. The summed E-state index contributed by atoms with van der Waals surface area (Å²) in [5.41, 5.74) is 1.29. The molecule has 6 nitrogen and oxygen atoms in total. The third-order valence-electron chi connectivity index (χ3n) is 3.93. The van der Waals surface area contributed by atoms with Crippen LogP contribution < -0.4 is 14.8 Å². The van der Waals surface area contributed by atoms with Crippen LogP contribution in [0.15, 0.2) is 77.7 Å². The number of sulfonamides is 1. The lowest BCUT2D eigenvalue weighted by Gasteiger charge is -2.10. The first-order chi connectivity index (χ1) is 13.9. The van der Waals surface area contributed by atoms with Gasteiger partial charge >= 0.3 is 0 Å². The van der Waals surface area contributed by atoms with Gasteiger partial charge in [0.1, 0.15) is 5.75 Å². The summed E-state index contributed by atoms with van der Waals surface area (Å²) in [5, 5.41) is 3.22. The molecule has 8 heteroatoms. The van der Waals surface area contributed by atoms with Crippen LogP contribution in [0.1, 0.15) is 17.3 Å². The van der Waals surface area contributed by atoms with Crippen LogP contribution in [0.4, 0.5) is 11.4 Å². The summed E-state index contributed by atoms with van der Waals surface area (Å²) < 4.78 is 33.0. The lowest BCUT2D eigenvalue weighted by atomic mass is 10.2. The highest BCUT2D eigenvalue weighted by molar-refractivity contribution is 7.92. The summed E-state index contributed by atoms with van der Waals surface area (Å²) in [6, 6.07) is 19.0. The van der Waals surface area contributed by atoms with Gasteiger partial charge in [-0.15, -0.1) is 0 Å². The highest BCUT2D eigenvalue weighted by Crippen LogP contribution is 2.21. The molecular weight excluding hydrogens is 412 g/mol. The first-order valence-electron chi connectivity index (χ1n) is 8.80. The normalized spacial score (nSPS) is 11.0. The van der Waals surface area contributed by atoms with E-state index in [9.17, 15) is 13.2 Å². The van der Waals surface area contributed by atoms with Crippen molar-refractivity contribution in [2.45, 2.75) is 11.8 Å². The quantitative estimate of drug-likeness (QED) is 0.564. The number of nitrogens with one attached hydrogen (secondary N) is 2. The zero-order chi connectivity index (χ0) is 20.9. The number of hydrogen-bond donors (Lipinski definition) is 2. The molecule has 0 aromatic heterocycles. The van der Waals surface area contributed by atoms with Crippen molar-refractivity contribution in [3.05, 3.63) is 83.4 Å². The minimum atomic E-state index is -3.79. The predicted octanol–water partition coefficient (Wildman–Crippen LogP) is 4.79. The van der Waals surface area contributed by atoms with E-state index < -0.39 is 10.0 Å². The average Bonchev–Trinajstić information content (AvgIpc) is 2.69. The molecule has 0 aliphatic rings. The summed E-state index contributed by atoms with van der Waals surface area (Å²) in [4.78, 5) is 12.4. The van der Waals surface area contributed by atoms with E-state index in [1.165, 1.54) is 24.3 Å². The SMILES string of the molecule is CCOc1ccc(NS(=O)(=O)c2ccc(C(=O)Nc3cccc(Cl)c3)cc2)cc1. The van der Waals surface area contributed by atoms with Crippen LogP contribution in [-0.2, 0) is 10.0 Å². The Morgan fingerprint density at radius 1 is 0.966 bits per heavy atom. The van der Waals surface area contributed by atoms with E-state index >= 15 is 0 Å². The van der Waals surface area contributed by atoms with Crippen molar-refractivity contribution in [2.24, 2.45) is 0 Å². The third kappa shape index (κ3) is 5.49. The fourth-order valence-electron chi connectivity index (χ4n) is 2.55. The molecule has 0 radical (unpaired) electrons. The smallest absolute Gasteiger partial charge is 0.261 e. The van der Waals surface area contributed by atoms with Gasteiger partial charge in [-0.25, -0.2) is 8.42 Å². The van der Waals surface area contributed by atoms with Crippen molar-refractivity contribution < 1.29 is 17.9 Å². The summed E-state index contributed by atoms with van der Waals surface area (Å²) in [5.74, 6) is 0.293. The van der Waals surface area contributed by atoms with Gasteiger partial charge in [0.15, 0.2) is 0 Å². The number of anilines is 2. The maximum atomic E-state index is 12.6. The molecule has 0 atom stereocenters. The molecule has 2 N–H and O–H groups in total. The van der Waals surface area contributed by atoms with Crippen LogP contribution in [-0.4, -0.2) is 20.9 Å². The van der Waals surface area contributed by atoms with Crippen LogP contribution >= 0.6 is 11.6 Å². The predicted molar refractivity (Wildman–Crippen MR) is 114 cm³/mol. The maximum Gasteiger partial charge on any atom is 0.261 e. The van der Waals surface area contributed by atoms with Gasteiger partial charge in [0.2, 0.25) is 0 Å². The molecule has 0 heterocycles. The lowest BCUT2D eigenvalue weighted by molar-refractivity contribution is 0.102. The van der Waals surface area contributed by atoms with Crippen molar-refractivity contribution in [3.8, 4) is 5.75 Å². The Balaban J connectivity index is 1.70. The summed E-state index contributed by atoms with van der Waals surface area (Å²) in [6.45, 7) is 2.40. The van der Waals surface area contributed by atoms with Gasteiger partial charge in [0, 0.05) is 22.0 Å². The van der Waals surface area contributed by atoms with Crippen LogP contribution in [0.25, 0.3) is 0 Å². The molecule has 0 saturated carbocycles. The number of carbonyl (C=O) groups excluding carboxylic acids is 1. The van der Waals surface area contributed by atoms with E-state index in [1.54, 1.807) is 48.5 Å². The van der Waals surface area contributed by atoms with Gasteiger partial charge < -0.3 is 10.1 Å². The fraction of sp³-hybridized carbons (Fsp3) is 0.0952. The van der Waals surface area contributed by atoms with Crippen LogP contribution in [0.5, 0.6) is 5.75 Å². The molecule has 0 aliphatic carbocycles. The maximum absolute atomic E-state index is 12.6. The second-order valence-electron chi connectivity index (χ2n) is 6.05. The Labute approximate surface area is 174 Å². The zero-order valence-corrected chi connectivity index (χ0v) is 17.1. The Kier molecular flexibility index (Phi) is 6.41. The Hall–Kier alpha value is -3.03. The fourth-order valence-corrected chi connectivity index (χ4v) is 3.80. The van der Waals surface area contributed by atoms with E-state index in [0.29, 0.717) is 34.3 Å². The molecule has 3 rings (SSSR count). The number of ether oxygens (including phenoxy) is 1. The second-order valence-corrected chi connectivity index (χ2v) is 8.17. The monoisotopic (exact) mass is 430 g/mol. The Bertz CT molecular complexity index is 1100. The van der Waals surface area contributed by atoms with Crippen LogP contribution in [0, 0.1) is 0 Å². The van der Waals surface area contributed by atoms with Gasteiger partial charge in [-0.1, -0.05) is 17.7 Å². The molecule has 3 aromatic rings. The molecule has 0 aliphatic heterocycles. The number of carbonyl (C=O) groups is 1. The van der Waals surface area contributed by atoms with Gasteiger partial charge in [0.05, 0.1) is 11.5 Å². The topological polar surface area (TPSA) is 84.5 Å². The zero-order valence-electron chi connectivity index (χ0n) is 15.6. The first-order valence-corrected chi connectivity index (χ1v) is 10.7. The highest BCUT2D eigenvalue weighted by atomic mass is 35.5. The number of amides is 1. The summed E-state index contributed by atoms with van der Waals surface area (Å²) in [7, 11) is -3.79. The van der Waals surface area contributed by atoms with E-state index in [4.69, 9.17) is 16.3 Å². The van der Waals surface area contributed by atoms with Crippen LogP contribution in [0.2, 0.25) is 5.02 Å². The summed E-state index contributed by atoms with van der Waals surface area (Å²) in [6.07, 6.45) is 0. The number of hydrogen-bond acceptors (Lipinski definition) is 4. The van der Waals surface area contributed by atoms with Crippen molar-refractivity contribution in [1.29, 1.82) is 0 Å². The van der Waals surface area contributed by atoms with Crippen LogP contribution in [0.3, 0.4) is 0 Å². The van der Waals surface area contributed by atoms with Crippen molar-refractivity contribution in [2.75, 3.05) is 16.6 Å². The molecule has 3 aromatic carbocycles. The van der Waals surface area contributed by atoms with E-state index in [1.807, 2.05) is 6.92 Å². The Morgan fingerprint density at radius 3 is 2.28 bits per heavy atom.